The van der Waals surface area contributed by atoms with E-state index in [0.29, 0.717) is 18.1 Å². The van der Waals surface area contributed by atoms with Gasteiger partial charge in [0.1, 0.15) is 11.6 Å². The maximum absolute atomic E-state index is 5.74. The van der Waals surface area contributed by atoms with Crippen LogP contribution in [0.4, 0.5) is 0 Å². The van der Waals surface area contributed by atoms with Gasteiger partial charge >= 0.3 is 0 Å². The third-order valence-corrected chi connectivity index (χ3v) is 3.09. The van der Waals surface area contributed by atoms with Crippen LogP contribution in [0.3, 0.4) is 0 Å². The van der Waals surface area contributed by atoms with Crippen LogP contribution in [0.1, 0.15) is 22.4 Å². The van der Waals surface area contributed by atoms with Crippen molar-refractivity contribution in [3.05, 3.63) is 52.7 Å². The minimum Gasteiger partial charge on any atom is -0.471 e. The van der Waals surface area contributed by atoms with Gasteiger partial charge in [-0.25, -0.2) is 0 Å². The van der Waals surface area contributed by atoms with Crippen LogP contribution >= 0.6 is 12.2 Å². The van der Waals surface area contributed by atoms with Gasteiger partial charge in [-0.15, -0.1) is 5.10 Å². The Morgan fingerprint density at radius 3 is 2.53 bits per heavy atom. The van der Waals surface area contributed by atoms with Gasteiger partial charge in [-0.3, -0.25) is 0 Å². The van der Waals surface area contributed by atoms with E-state index >= 15 is 0 Å². The summed E-state index contributed by atoms with van der Waals surface area (Å²) in [6.45, 7) is 4.19. The van der Waals surface area contributed by atoms with E-state index in [2.05, 4.69) is 10.2 Å². The molecule has 0 aliphatic heterocycles. The Kier molecular flexibility index (Phi) is 4.06. The molecule has 98 valence electrons. The maximum atomic E-state index is 5.74. The molecule has 2 aromatic rings. The Morgan fingerprint density at radius 2 is 1.89 bits per heavy atom. The van der Waals surface area contributed by atoms with E-state index in [4.69, 9.17) is 22.7 Å². The van der Waals surface area contributed by atoms with E-state index in [1.165, 1.54) is 0 Å². The maximum Gasteiger partial charge on any atom is 0.244 e. The largest absolute Gasteiger partial charge is 0.471 e. The van der Waals surface area contributed by atoms with Crippen molar-refractivity contribution in [2.45, 2.75) is 20.5 Å². The molecule has 4 nitrogen and oxygen atoms in total. The van der Waals surface area contributed by atoms with Crippen molar-refractivity contribution < 1.29 is 4.74 Å². The number of aromatic nitrogens is 2. The Labute approximate surface area is 117 Å². The third kappa shape index (κ3) is 3.06. The van der Waals surface area contributed by atoms with Crippen molar-refractivity contribution in [3.63, 3.8) is 0 Å². The lowest BCUT2D eigenvalue weighted by Crippen LogP contribution is -2.16. The highest BCUT2D eigenvalue weighted by Gasteiger charge is 2.14. The number of nitrogens with zero attached hydrogens (tertiary/aromatic N) is 2. The van der Waals surface area contributed by atoms with Crippen LogP contribution in [0.2, 0.25) is 0 Å². The number of hydrogen-bond acceptors (Lipinski definition) is 4. The van der Waals surface area contributed by atoms with Gasteiger partial charge in [0.05, 0.1) is 11.3 Å². The predicted molar refractivity (Wildman–Crippen MR) is 78.2 cm³/mol. The van der Waals surface area contributed by atoms with E-state index in [1.807, 2.05) is 44.2 Å². The van der Waals surface area contributed by atoms with Gasteiger partial charge in [0.2, 0.25) is 5.88 Å². The molecule has 1 heterocycles. The second-order valence-electron chi connectivity index (χ2n) is 4.23. The quantitative estimate of drug-likeness (QED) is 0.866. The number of rotatable bonds is 4. The summed E-state index contributed by atoms with van der Waals surface area (Å²) >= 11 is 5.06. The van der Waals surface area contributed by atoms with Gasteiger partial charge < -0.3 is 10.5 Å². The van der Waals surface area contributed by atoms with Gasteiger partial charge in [-0.05, 0) is 25.0 Å². The summed E-state index contributed by atoms with van der Waals surface area (Å²) in [7, 11) is 0. The average molecular weight is 273 g/mol. The van der Waals surface area contributed by atoms with E-state index in [0.717, 1.165) is 16.8 Å². The van der Waals surface area contributed by atoms with Crippen LogP contribution in [0, 0.1) is 13.8 Å². The van der Waals surface area contributed by atoms with Crippen LogP contribution in [0.15, 0.2) is 30.3 Å². The zero-order valence-electron chi connectivity index (χ0n) is 10.9. The van der Waals surface area contributed by atoms with E-state index in [1.54, 1.807) is 0 Å². The van der Waals surface area contributed by atoms with Crippen molar-refractivity contribution >= 4 is 17.2 Å². The van der Waals surface area contributed by atoms with Gasteiger partial charge in [0.15, 0.2) is 0 Å². The zero-order chi connectivity index (χ0) is 13.8. The number of nitrogens with two attached hydrogens (primary N) is 1. The molecule has 0 aliphatic rings. The molecular formula is C14H15N3OS. The molecule has 2 N–H and O–H groups in total. The van der Waals surface area contributed by atoms with Gasteiger partial charge in [-0.1, -0.05) is 42.5 Å². The Hall–Kier alpha value is -2.01. The molecule has 1 aromatic heterocycles. The molecule has 0 bridgehead atoms. The van der Waals surface area contributed by atoms with Crippen molar-refractivity contribution in [1.29, 1.82) is 0 Å². The number of benzene rings is 1. The van der Waals surface area contributed by atoms with Crippen molar-refractivity contribution in [1.82, 2.24) is 10.2 Å². The summed E-state index contributed by atoms with van der Waals surface area (Å²) in [6.07, 6.45) is 0. The zero-order valence-corrected chi connectivity index (χ0v) is 11.7. The summed E-state index contributed by atoms with van der Waals surface area (Å²) in [6, 6.07) is 9.84. The highest BCUT2D eigenvalue weighted by molar-refractivity contribution is 7.80. The summed E-state index contributed by atoms with van der Waals surface area (Å²) < 4.78 is 5.68. The molecule has 1 aromatic carbocycles. The second-order valence-corrected chi connectivity index (χ2v) is 4.67. The Balaban J connectivity index is 2.26. The number of aryl methyl sites for hydroxylation is 1. The predicted octanol–water partition coefficient (Wildman–Crippen LogP) is 2.31. The first-order valence-corrected chi connectivity index (χ1v) is 6.31. The number of ether oxygens (including phenoxy) is 1. The first kappa shape index (κ1) is 13.4. The number of thiocarbonyl (C=S) groups is 1. The standard InChI is InChI=1S/C14H15N3OS/c1-9-10(2)16-17-14(12(9)13(15)19)18-8-11-6-4-3-5-7-11/h3-7H,8H2,1-2H3,(H2,15,19). The molecule has 0 saturated heterocycles. The molecule has 0 amide bonds. The van der Waals surface area contributed by atoms with Gasteiger partial charge in [0, 0.05) is 0 Å². The lowest BCUT2D eigenvalue weighted by atomic mass is 10.1. The summed E-state index contributed by atoms with van der Waals surface area (Å²) in [5.74, 6) is 0.388. The monoisotopic (exact) mass is 273 g/mol. The first-order chi connectivity index (χ1) is 9.09. The van der Waals surface area contributed by atoms with Crippen LogP contribution in [0.25, 0.3) is 0 Å². The molecular weight excluding hydrogens is 258 g/mol. The summed E-state index contributed by atoms with van der Waals surface area (Å²) in [5.41, 5.74) is 9.16. The minimum atomic E-state index is 0.276. The van der Waals surface area contributed by atoms with Crippen molar-refractivity contribution in [3.8, 4) is 5.88 Å². The summed E-state index contributed by atoms with van der Waals surface area (Å²) in [5, 5.41) is 8.08. The fraction of sp³-hybridized carbons (Fsp3) is 0.214. The highest BCUT2D eigenvalue weighted by atomic mass is 32.1. The van der Waals surface area contributed by atoms with Crippen LogP contribution in [0.5, 0.6) is 5.88 Å². The van der Waals surface area contributed by atoms with Crippen molar-refractivity contribution in [2.75, 3.05) is 0 Å². The average Bonchev–Trinajstić information content (AvgIpc) is 2.41. The normalized spacial score (nSPS) is 10.2. The van der Waals surface area contributed by atoms with Gasteiger partial charge in [0.25, 0.3) is 0 Å². The molecule has 0 radical (unpaired) electrons. The molecule has 0 unspecified atom stereocenters. The summed E-state index contributed by atoms with van der Waals surface area (Å²) in [4.78, 5) is 0.276. The second kappa shape index (κ2) is 5.75. The van der Waals surface area contributed by atoms with Crippen molar-refractivity contribution in [2.24, 2.45) is 5.73 Å². The fourth-order valence-corrected chi connectivity index (χ4v) is 1.94. The molecule has 0 aliphatic carbocycles. The number of hydrogen-bond donors (Lipinski definition) is 1. The molecule has 0 fully saturated rings. The molecule has 5 heteroatoms. The van der Waals surface area contributed by atoms with Crippen LogP contribution in [-0.4, -0.2) is 15.2 Å². The Morgan fingerprint density at radius 1 is 1.21 bits per heavy atom. The highest BCUT2D eigenvalue weighted by Crippen LogP contribution is 2.21. The third-order valence-electron chi connectivity index (χ3n) is 2.89. The molecule has 19 heavy (non-hydrogen) atoms. The van der Waals surface area contributed by atoms with E-state index in [9.17, 15) is 0 Å². The van der Waals surface area contributed by atoms with E-state index < -0.39 is 0 Å². The lowest BCUT2D eigenvalue weighted by molar-refractivity contribution is 0.289. The first-order valence-electron chi connectivity index (χ1n) is 5.90. The SMILES string of the molecule is Cc1nnc(OCc2ccccc2)c(C(N)=S)c1C. The van der Waals surface area contributed by atoms with Crippen LogP contribution in [-0.2, 0) is 6.61 Å². The topological polar surface area (TPSA) is 61.0 Å². The van der Waals surface area contributed by atoms with E-state index in [-0.39, 0.29) is 4.99 Å². The Bertz CT molecular complexity index is 599. The van der Waals surface area contributed by atoms with Crippen LogP contribution < -0.4 is 10.5 Å². The fourth-order valence-electron chi connectivity index (χ4n) is 1.70. The smallest absolute Gasteiger partial charge is 0.244 e. The minimum absolute atomic E-state index is 0.276. The molecule has 2 rings (SSSR count). The molecule has 0 atom stereocenters. The molecule has 0 saturated carbocycles. The van der Waals surface area contributed by atoms with Gasteiger partial charge in [-0.2, -0.15) is 5.10 Å². The lowest BCUT2D eigenvalue weighted by Gasteiger charge is -2.12. The molecule has 0 spiro atoms.